The molecule has 7 nitrogen and oxygen atoms in total. The molecule has 0 aliphatic carbocycles. The summed E-state index contributed by atoms with van der Waals surface area (Å²) in [6.45, 7) is 0.0923. The lowest BCUT2D eigenvalue weighted by Gasteiger charge is -2.02. The highest BCUT2D eigenvalue weighted by molar-refractivity contribution is 7.89. The van der Waals surface area contributed by atoms with Gasteiger partial charge in [0.2, 0.25) is 5.78 Å². The highest BCUT2D eigenvalue weighted by atomic mass is 32.2. The lowest BCUT2D eigenvalue weighted by atomic mass is 10.2. The Hall–Kier alpha value is -2.23. The van der Waals surface area contributed by atoms with Gasteiger partial charge in [-0.2, -0.15) is 0 Å². The number of nitrogens with zero attached hydrogens (tertiary/aromatic N) is 2. The smallest absolute Gasteiger partial charge is 0.259 e. The van der Waals surface area contributed by atoms with Gasteiger partial charge in [-0.25, -0.2) is 18.1 Å². The molecule has 0 amide bonds. The van der Waals surface area contributed by atoms with E-state index in [0.717, 1.165) is 4.88 Å². The van der Waals surface area contributed by atoms with Gasteiger partial charge in [0.05, 0.1) is 17.5 Å². The fourth-order valence-electron chi connectivity index (χ4n) is 1.89. The molecule has 0 saturated carbocycles. The molecule has 9 heteroatoms. The number of imidazole rings is 1. The van der Waals surface area contributed by atoms with Crippen molar-refractivity contribution in [3.63, 3.8) is 0 Å². The van der Waals surface area contributed by atoms with Crippen molar-refractivity contribution in [2.24, 2.45) is 7.05 Å². The van der Waals surface area contributed by atoms with Gasteiger partial charge in [0, 0.05) is 24.7 Å². The molecule has 1 N–H and O–H groups in total. The molecule has 0 bridgehead atoms. The van der Waals surface area contributed by atoms with E-state index in [0.29, 0.717) is 4.88 Å². The number of carbonyl (C=O) groups is 1. The second-order valence-corrected chi connectivity index (χ2v) is 7.66. The van der Waals surface area contributed by atoms with Crippen LogP contribution in [0.4, 0.5) is 0 Å². The van der Waals surface area contributed by atoms with E-state index in [1.54, 1.807) is 35.9 Å². The average molecular weight is 351 g/mol. The van der Waals surface area contributed by atoms with Crippen LogP contribution in [0, 0.1) is 0 Å². The molecule has 3 heterocycles. The fourth-order valence-corrected chi connectivity index (χ4v) is 3.86. The molecule has 0 unspecified atom stereocenters. The van der Waals surface area contributed by atoms with E-state index in [-0.39, 0.29) is 23.1 Å². The van der Waals surface area contributed by atoms with Crippen LogP contribution in [0.15, 0.2) is 52.5 Å². The molecule has 0 radical (unpaired) electrons. The van der Waals surface area contributed by atoms with Crippen molar-refractivity contribution in [3.05, 3.63) is 58.6 Å². The number of hydrogen-bond acceptors (Lipinski definition) is 6. The van der Waals surface area contributed by atoms with Gasteiger partial charge in [-0.15, -0.1) is 11.3 Å². The normalized spacial score (nSPS) is 11.7. The predicted molar refractivity (Wildman–Crippen MR) is 83.7 cm³/mol. The highest BCUT2D eigenvalue weighted by Gasteiger charge is 2.18. The van der Waals surface area contributed by atoms with Gasteiger partial charge in [-0.3, -0.25) is 4.79 Å². The third-order valence-electron chi connectivity index (χ3n) is 3.02. The monoisotopic (exact) mass is 351 g/mol. The van der Waals surface area contributed by atoms with Gasteiger partial charge in [-0.1, -0.05) is 0 Å². The number of furan rings is 1. The highest BCUT2D eigenvalue weighted by Crippen LogP contribution is 2.20. The van der Waals surface area contributed by atoms with Crippen molar-refractivity contribution in [2.45, 2.75) is 11.6 Å². The van der Waals surface area contributed by atoms with E-state index >= 15 is 0 Å². The first-order valence-electron chi connectivity index (χ1n) is 6.60. The number of carbonyl (C=O) groups excluding carboxylic acids is 1. The first kappa shape index (κ1) is 15.7. The second kappa shape index (κ2) is 6.11. The number of rotatable bonds is 6. The SMILES string of the molecule is Cn1cnc(S(=O)(=O)NCc2ccc(C(=O)c3ccco3)s2)c1. The van der Waals surface area contributed by atoms with Gasteiger partial charge in [0.1, 0.15) is 0 Å². The van der Waals surface area contributed by atoms with Gasteiger partial charge in [0.15, 0.2) is 10.8 Å². The summed E-state index contributed by atoms with van der Waals surface area (Å²) in [5.41, 5.74) is 0. The average Bonchev–Trinajstić information content (AvgIpc) is 3.25. The third-order valence-corrected chi connectivity index (χ3v) is 5.39. The van der Waals surface area contributed by atoms with Crippen molar-refractivity contribution < 1.29 is 17.6 Å². The molecule has 0 aliphatic rings. The van der Waals surface area contributed by atoms with Gasteiger partial charge < -0.3 is 8.98 Å². The minimum atomic E-state index is -3.67. The molecule has 23 heavy (non-hydrogen) atoms. The lowest BCUT2D eigenvalue weighted by Crippen LogP contribution is -2.23. The molecule has 120 valence electrons. The van der Waals surface area contributed by atoms with Crippen LogP contribution in [0.3, 0.4) is 0 Å². The number of thiophene rings is 1. The van der Waals surface area contributed by atoms with Crippen LogP contribution >= 0.6 is 11.3 Å². The molecule has 0 fully saturated rings. The molecule has 3 aromatic rings. The quantitative estimate of drug-likeness (QED) is 0.683. The molecule has 0 aliphatic heterocycles. The topological polar surface area (TPSA) is 94.2 Å². The zero-order chi connectivity index (χ0) is 16.4. The van der Waals surface area contributed by atoms with Crippen LogP contribution in [-0.2, 0) is 23.6 Å². The Bertz CT molecular complexity index is 923. The zero-order valence-electron chi connectivity index (χ0n) is 12.1. The third kappa shape index (κ3) is 3.41. The molecule has 0 atom stereocenters. The van der Waals surface area contributed by atoms with Crippen molar-refractivity contribution >= 4 is 27.1 Å². The summed E-state index contributed by atoms with van der Waals surface area (Å²) in [5.74, 6) is 0.0336. The zero-order valence-corrected chi connectivity index (χ0v) is 13.7. The molecule has 0 aromatic carbocycles. The lowest BCUT2D eigenvalue weighted by molar-refractivity contribution is 0.101. The van der Waals surface area contributed by atoms with Gasteiger partial charge >= 0.3 is 0 Å². The summed E-state index contributed by atoms with van der Waals surface area (Å²) in [6, 6.07) is 6.59. The first-order valence-corrected chi connectivity index (χ1v) is 8.90. The molecule has 0 saturated heterocycles. The number of nitrogens with one attached hydrogen (secondary N) is 1. The van der Waals surface area contributed by atoms with Gasteiger partial charge in [0.25, 0.3) is 10.0 Å². The Labute approximate surface area is 136 Å². The number of ketones is 1. The van der Waals surface area contributed by atoms with E-state index in [1.807, 2.05) is 0 Å². The van der Waals surface area contributed by atoms with Gasteiger partial charge in [-0.05, 0) is 24.3 Å². The number of aromatic nitrogens is 2. The summed E-state index contributed by atoms with van der Waals surface area (Å²) in [7, 11) is -1.98. The Kier molecular flexibility index (Phi) is 4.16. The Balaban J connectivity index is 1.69. The van der Waals surface area contributed by atoms with Crippen LogP contribution in [0.5, 0.6) is 0 Å². The summed E-state index contributed by atoms with van der Waals surface area (Å²) < 4.78 is 33.3. The van der Waals surface area contributed by atoms with E-state index in [1.165, 1.54) is 30.1 Å². The van der Waals surface area contributed by atoms with Crippen molar-refractivity contribution in [3.8, 4) is 0 Å². The van der Waals surface area contributed by atoms with Crippen LogP contribution < -0.4 is 4.72 Å². The van der Waals surface area contributed by atoms with E-state index in [2.05, 4.69) is 9.71 Å². The molecular weight excluding hydrogens is 338 g/mol. The predicted octanol–water partition coefficient (Wildman–Crippen LogP) is 1.78. The Morgan fingerprint density at radius 1 is 1.39 bits per heavy atom. The number of sulfonamides is 1. The van der Waals surface area contributed by atoms with Crippen LogP contribution in [0.2, 0.25) is 0 Å². The largest absolute Gasteiger partial charge is 0.461 e. The van der Waals surface area contributed by atoms with E-state index < -0.39 is 10.0 Å². The van der Waals surface area contributed by atoms with E-state index in [9.17, 15) is 13.2 Å². The van der Waals surface area contributed by atoms with Crippen LogP contribution in [-0.4, -0.2) is 23.8 Å². The fraction of sp³-hybridized carbons (Fsp3) is 0.143. The second-order valence-electron chi connectivity index (χ2n) is 4.77. The van der Waals surface area contributed by atoms with E-state index in [4.69, 9.17) is 4.42 Å². The molecule has 3 aromatic heterocycles. The summed E-state index contributed by atoms with van der Waals surface area (Å²) in [6.07, 6.45) is 4.27. The first-order chi connectivity index (χ1) is 11.0. The number of hydrogen-bond donors (Lipinski definition) is 1. The molecule has 0 spiro atoms. The van der Waals surface area contributed by atoms with Crippen LogP contribution in [0.1, 0.15) is 20.3 Å². The minimum Gasteiger partial charge on any atom is -0.461 e. The molecular formula is C14H13N3O4S2. The van der Waals surface area contributed by atoms with Crippen molar-refractivity contribution in [1.82, 2.24) is 14.3 Å². The maximum atomic E-state index is 12.1. The molecule has 3 rings (SSSR count). The maximum absolute atomic E-state index is 12.1. The van der Waals surface area contributed by atoms with Crippen molar-refractivity contribution in [2.75, 3.05) is 0 Å². The standard InChI is InChI=1S/C14H13N3O4S2/c1-17-8-13(15-9-17)23(19,20)16-7-10-4-5-12(22-10)14(18)11-3-2-6-21-11/h2-6,8-9,16H,7H2,1H3. The van der Waals surface area contributed by atoms with Crippen molar-refractivity contribution in [1.29, 1.82) is 0 Å². The summed E-state index contributed by atoms with van der Waals surface area (Å²) >= 11 is 1.22. The summed E-state index contributed by atoms with van der Waals surface area (Å²) in [5, 5.41) is -0.0385. The maximum Gasteiger partial charge on any atom is 0.259 e. The summed E-state index contributed by atoms with van der Waals surface area (Å²) in [4.78, 5) is 17.1. The van der Waals surface area contributed by atoms with Crippen LogP contribution in [0.25, 0.3) is 0 Å². The Morgan fingerprint density at radius 3 is 2.87 bits per heavy atom. The number of aryl methyl sites for hydroxylation is 1. The minimum absolute atomic E-state index is 0.0385. The Morgan fingerprint density at radius 2 is 2.22 bits per heavy atom.